The molecule has 0 amide bonds. The predicted octanol–water partition coefficient (Wildman–Crippen LogP) is 4.37. The maximum absolute atomic E-state index is 11.4. The van der Waals surface area contributed by atoms with Gasteiger partial charge in [-0.3, -0.25) is 0 Å². The number of hydrogen-bond acceptors (Lipinski definition) is 5. The summed E-state index contributed by atoms with van der Waals surface area (Å²) in [5.41, 5.74) is 1.58. The molecule has 4 rings (SSSR count). The molecule has 0 atom stereocenters. The Hall–Kier alpha value is -2.05. The van der Waals surface area contributed by atoms with Gasteiger partial charge in [0.1, 0.15) is 17.1 Å². The fourth-order valence-electron chi connectivity index (χ4n) is 3.78. The Balaban J connectivity index is 1.88. The molecule has 0 aliphatic heterocycles. The van der Waals surface area contributed by atoms with Crippen molar-refractivity contribution in [2.24, 2.45) is 0 Å². The van der Waals surface area contributed by atoms with Gasteiger partial charge in [0.05, 0.1) is 6.54 Å². The molecule has 1 fully saturated rings. The van der Waals surface area contributed by atoms with E-state index < -0.39 is 5.60 Å². The van der Waals surface area contributed by atoms with Crippen LogP contribution in [0.2, 0.25) is 5.02 Å². The summed E-state index contributed by atoms with van der Waals surface area (Å²) in [6.07, 6.45) is 4.50. The summed E-state index contributed by atoms with van der Waals surface area (Å²) < 4.78 is 1.75. The van der Waals surface area contributed by atoms with Gasteiger partial charge in [0.2, 0.25) is 0 Å². The molecule has 1 aliphatic carbocycles. The molecule has 1 saturated carbocycles. The summed E-state index contributed by atoms with van der Waals surface area (Å²) >= 11 is 6.34. The van der Waals surface area contributed by atoms with Crippen LogP contribution in [0.4, 0.5) is 0 Å². The number of aromatic nitrogens is 5. The van der Waals surface area contributed by atoms with Gasteiger partial charge in [-0.1, -0.05) is 75.0 Å². The highest BCUT2D eigenvalue weighted by atomic mass is 35.5. The first-order chi connectivity index (χ1) is 13.3. The zero-order valence-corrected chi connectivity index (χ0v) is 17.4. The van der Waals surface area contributed by atoms with Crippen LogP contribution in [0.15, 0.2) is 24.3 Å². The summed E-state index contributed by atoms with van der Waals surface area (Å²) in [6.45, 7) is 6.69. The standard InChI is InChI=1S/C21H26ClN5O/c1-20(2,3)19-23-17(21(28)11-7-4-8-12-21)16-18(24-19)27(26-25-16)13-14-9-5-6-10-15(14)22/h5-6,9-10,28H,4,7-8,11-13H2,1-3H3. The van der Waals surface area contributed by atoms with Gasteiger partial charge in [-0.2, -0.15) is 0 Å². The van der Waals surface area contributed by atoms with E-state index in [0.29, 0.717) is 47.1 Å². The molecule has 2 aromatic heterocycles. The molecule has 6 nitrogen and oxygen atoms in total. The van der Waals surface area contributed by atoms with Gasteiger partial charge in [-0.15, -0.1) is 5.10 Å². The summed E-state index contributed by atoms with van der Waals surface area (Å²) in [7, 11) is 0. The largest absolute Gasteiger partial charge is 0.383 e. The number of aliphatic hydroxyl groups is 1. The smallest absolute Gasteiger partial charge is 0.182 e. The minimum absolute atomic E-state index is 0.256. The van der Waals surface area contributed by atoms with E-state index in [1.807, 2.05) is 24.3 Å². The first-order valence-electron chi connectivity index (χ1n) is 9.86. The van der Waals surface area contributed by atoms with Crippen molar-refractivity contribution in [1.82, 2.24) is 25.0 Å². The Morgan fingerprint density at radius 2 is 1.82 bits per heavy atom. The van der Waals surface area contributed by atoms with Crippen LogP contribution < -0.4 is 0 Å². The van der Waals surface area contributed by atoms with Gasteiger partial charge >= 0.3 is 0 Å². The zero-order valence-electron chi connectivity index (χ0n) is 16.6. The van der Waals surface area contributed by atoms with E-state index in [0.717, 1.165) is 24.8 Å². The highest BCUT2D eigenvalue weighted by Gasteiger charge is 2.37. The second kappa shape index (κ2) is 7.08. The average molecular weight is 400 g/mol. The monoisotopic (exact) mass is 399 g/mol. The molecule has 0 unspecified atom stereocenters. The van der Waals surface area contributed by atoms with Crippen LogP contribution in [0.1, 0.15) is 70.0 Å². The lowest BCUT2D eigenvalue weighted by molar-refractivity contribution is -0.00370. The second-order valence-electron chi connectivity index (χ2n) is 8.75. The van der Waals surface area contributed by atoms with E-state index in [1.165, 1.54) is 0 Å². The molecule has 1 aromatic carbocycles. The molecule has 0 radical (unpaired) electrons. The minimum atomic E-state index is -0.968. The maximum Gasteiger partial charge on any atom is 0.182 e. The molecule has 28 heavy (non-hydrogen) atoms. The summed E-state index contributed by atoms with van der Waals surface area (Å²) in [5, 5.41) is 20.8. The molecule has 3 aromatic rings. The topological polar surface area (TPSA) is 76.7 Å². The third-order valence-corrected chi connectivity index (χ3v) is 5.80. The third-order valence-electron chi connectivity index (χ3n) is 5.43. The lowest BCUT2D eigenvalue weighted by Crippen LogP contribution is -2.32. The molecule has 1 N–H and O–H groups in total. The SMILES string of the molecule is CC(C)(C)c1nc(C2(O)CCCCC2)c2nnn(Cc3ccccc3Cl)c2n1. The number of fused-ring (bicyclic) bond motifs is 1. The number of halogens is 1. The molecule has 148 valence electrons. The molecule has 1 aliphatic rings. The van der Waals surface area contributed by atoms with E-state index in [1.54, 1.807) is 4.68 Å². The summed E-state index contributed by atoms with van der Waals surface area (Å²) in [5.74, 6) is 0.691. The molecule has 0 bridgehead atoms. The highest BCUT2D eigenvalue weighted by Crippen LogP contribution is 2.39. The first-order valence-corrected chi connectivity index (χ1v) is 10.2. The second-order valence-corrected chi connectivity index (χ2v) is 9.16. The van der Waals surface area contributed by atoms with Crippen molar-refractivity contribution in [3.63, 3.8) is 0 Å². The van der Waals surface area contributed by atoms with Crippen LogP contribution >= 0.6 is 11.6 Å². The van der Waals surface area contributed by atoms with Gasteiger partial charge in [0.15, 0.2) is 11.2 Å². The molecular formula is C21H26ClN5O. The molecule has 7 heteroatoms. The summed E-state index contributed by atoms with van der Waals surface area (Å²) in [6, 6.07) is 7.69. The Bertz CT molecular complexity index is 1000. The lowest BCUT2D eigenvalue weighted by atomic mass is 9.81. The van der Waals surface area contributed by atoms with Gasteiger partial charge in [-0.25, -0.2) is 14.6 Å². The predicted molar refractivity (Wildman–Crippen MR) is 109 cm³/mol. The van der Waals surface area contributed by atoms with Gasteiger partial charge in [-0.05, 0) is 24.5 Å². The summed E-state index contributed by atoms with van der Waals surface area (Å²) in [4.78, 5) is 9.59. The minimum Gasteiger partial charge on any atom is -0.383 e. The van der Waals surface area contributed by atoms with Crippen LogP contribution in [0.25, 0.3) is 11.2 Å². The lowest BCUT2D eigenvalue weighted by Gasteiger charge is -2.32. The number of nitrogens with zero attached hydrogens (tertiary/aromatic N) is 5. The van der Waals surface area contributed by atoms with E-state index in [2.05, 4.69) is 31.1 Å². The molecule has 2 heterocycles. The fourth-order valence-corrected chi connectivity index (χ4v) is 3.98. The Morgan fingerprint density at radius 1 is 1.11 bits per heavy atom. The maximum atomic E-state index is 11.4. The van der Waals surface area contributed by atoms with E-state index in [4.69, 9.17) is 21.6 Å². The van der Waals surface area contributed by atoms with Crippen LogP contribution in [0.5, 0.6) is 0 Å². The van der Waals surface area contributed by atoms with Gasteiger partial charge in [0.25, 0.3) is 0 Å². The van der Waals surface area contributed by atoms with Crippen molar-refractivity contribution in [3.05, 3.63) is 46.4 Å². The van der Waals surface area contributed by atoms with Crippen molar-refractivity contribution in [3.8, 4) is 0 Å². The van der Waals surface area contributed by atoms with Crippen molar-refractivity contribution < 1.29 is 5.11 Å². The van der Waals surface area contributed by atoms with Crippen LogP contribution in [-0.4, -0.2) is 30.1 Å². The van der Waals surface area contributed by atoms with Crippen molar-refractivity contribution >= 4 is 22.8 Å². The molecule has 0 spiro atoms. The van der Waals surface area contributed by atoms with E-state index in [-0.39, 0.29) is 5.41 Å². The number of benzene rings is 1. The number of rotatable bonds is 3. The third kappa shape index (κ3) is 3.51. The Morgan fingerprint density at radius 3 is 2.50 bits per heavy atom. The molecule has 0 saturated heterocycles. The van der Waals surface area contributed by atoms with Crippen molar-refractivity contribution in [1.29, 1.82) is 0 Å². The van der Waals surface area contributed by atoms with Gasteiger partial charge in [0, 0.05) is 10.4 Å². The average Bonchev–Trinajstić information content (AvgIpc) is 3.05. The normalized spacial score (nSPS) is 17.2. The quantitative estimate of drug-likeness (QED) is 0.707. The van der Waals surface area contributed by atoms with Crippen LogP contribution in [-0.2, 0) is 17.6 Å². The fraction of sp³-hybridized carbons (Fsp3) is 0.524. The first kappa shape index (κ1) is 19.3. The van der Waals surface area contributed by atoms with E-state index >= 15 is 0 Å². The Kier molecular flexibility index (Phi) is 4.88. The van der Waals surface area contributed by atoms with E-state index in [9.17, 15) is 5.11 Å². The highest BCUT2D eigenvalue weighted by molar-refractivity contribution is 6.31. The zero-order chi connectivity index (χ0) is 19.9. The Labute approximate surface area is 170 Å². The molecular weight excluding hydrogens is 374 g/mol. The van der Waals surface area contributed by atoms with Crippen molar-refractivity contribution in [2.45, 2.75) is 70.4 Å². The number of hydrogen-bond donors (Lipinski definition) is 1. The van der Waals surface area contributed by atoms with Crippen LogP contribution in [0, 0.1) is 0 Å². The van der Waals surface area contributed by atoms with Gasteiger partial charge < -0.3 is 5.11 Å². The van der Waals surface area contributed by atoms with Crippen LogP contribution in [0.3, 0.4) is 0 Å². The van der Waals surface area contributed by atoms with Crippen molar-refractivity contribution in [2.75, 3.05) is 0 Å².